The molecule has 110 valence electrons. The molecule has 3 atom stereocenters. The fraction of sp³-hybridized carbons (Fsp3) is 0.500. The number of imidazole rings is 1. The standard InChI is InChI=1S/C10H13N5O4.H2O/c11-10-13-8-7(9(18)14-10)12-3-15(8)6-1-4(17)5(2-16)19-6;/h3-6,16-17H,1-2H2,(H3,11,13,14,18);1H2/t4?,5-,6?;/m1./s1. The SMILES string of the molecule is Nc1nc2c(ncn2C2CC(O)[C@@H](CO)O2)c(=O)[nH]1.O. The van der Waals surface area contributed by atoms with Crippen LogP contribution in [0.25, 0.3) is 11.2 Å². The number of aromatic amines is 1. The highest BCUT2D eigenvalue weighted by Crippen LogP contribution is 2.30. The summed E-state index contributed by atoms with van der Waals surface area (Å²) in [6.07, 6.45) is -0.270. The van der Waals surface area contributed by atoms with E-state index in [-0.39, 0.29) is 35.6 Å². The smallest absolute Gasteiger partial charge is 0.280 e. The Morgan fingerprint density at radius 2 is 2.35 bits per heavy atom. The second-order valence-electron chi connectivity index (χ2n) is 4.39. The number of hydrogen-bond acceptors (Lipinski definition) is 7. The molecule has 10 nitrogen and oxygen atoms in total. The molecule has 0 amide bonds. The minimum Gasteiger partial charge on any atom is -0.412 e. The first-order valence-corrected chi connectivity index (χ1v) is 5.77. The van der Waals surface area contributed by atoms with Crippen LogP contribution in [0.1, 0.15) is 12.6 Å². The van der Waals surface area contributed by atoms with E-state index in [1.54, 1.807) is 0 Å². The van der Waals surface area contributed by atoms with Crippen molar-refractivity contribution in [3.8, 4) is 0 Å². The summed E-state index contributed by atoms with van der Waals surface area (Å²) in [6.45, 7) is -0.277. The quantitative estimate of drug-likeness (QED) is 0.473. The number of aliphatic hydroxyl groups excluding tert-OH is 2. The topological polar surface area (TPSA) is 171 Å². The van der Waals surface area contributed by atoms with E-state index in [9.17, 15) is 9.90 Å². The van der Waals surface area contributed by atoms with E-state index in [1.165, 1.54) is 10.9 Å². The maximum Gasteiger partial charge on any atom is 0.280 e. The van der Waals surface area contributed by atoms with Gasteiger partial charge in [-0.25, -0.2) is 4.98 Å². The van der Waals surface area contributed by atoms with Gasteiger partial charge in [0.1, 0.15) is 12.3 Å². The molecule has 1 aliphatic heterocycles. The molecule has 2 aromatic heterocycles. The second-order valence-corrected chi connectivity index (χ2v) is 4.39. The predicted octanol–water partition coefficient (Wildman–Crippen LogP) is -2.48. The molecule has 1 saturated heterocycles. The summed E-state index contributed by atoms with van der Waals surface area (Å²) in [7, 11) is 0. The van der Waals surface area contributed by atoms with Gasteiger partial charge in [-0.2, -0.15) is 4.98 Å². The first-order chi connectivity index (χ1) is 9.10. The highest BCUT2D eigenvalue weighted by Gasteiger charge is 2.35. The van der Waals surface area contributed by atoms with Crippen LogP contribution in [0, 0.1) is 0 Å². The van der Waals surface area contributed by atoms with Gasteiger partial charge < -0.3 is 26.2 Å². The van der Waals surface area contributed by atoms with Gasteiger partial charge in [-0.3, -0.25) is 14.3 Å². The normalized spacial score (nSPS) is 25.8. The molecule has 0 radical (unpaired) electrons. The Labute approximate surface area is 112 Å². The zero-order valence-corrected chi connectivity index (χ0v) is 10.4. The number of anilines is 1. The summed E-state index contributed by atoms with van der Waals surface area (Å²) in [6, 6.07) is 0. The van der Waals surface area contributed by atoms with Crippen LogP contribution in [0.15, 0.2) is 11.1 Å². The molecular weight excluding hydrogens is 270 g/mol. The zero-order chi connectivity index (χ0) is 13.6. The molecule has 1 fully saturated rings. The molecule has 0 aromatic carbocycles. The number of aromatic nitrogens is 4. The maximum absolute atomic E-state index is 11.6. The maximum atomic E-state index is 11.6. The van der Waals surface area contributed by atoms with Gasteiger partial charge in [-0.1, -0.05) is 0 Å². The van der Waals surface area contributed by atoms with Crippen LogP contribution in [0.4, 0.5) is 5.95 Å². The number of rotatable bonds is 2. The summed E-state index contributed by atoms with van der Waals surface area (Å²) < 4.78 is 7.01. The van der Waals surface area contributed by atoms with E-state index in [2.05, 4.69) is 15.0 Å². The number of nitrogens with one attached hydrogen (secondary N) is 1. The lowest BCUT2D eigenvalue weighted by Crippen LogP contribution is -2.24. The van der Waals surface area contributed by atoms with Crippen molar-refractivity contribution in [2.45, 2.75) is 24.9 Å². The van der Waals surface area contributed by atoms with Gasteiger partial charge in [-0.15, -0.1) is 0 Å². The minimum atomic E-state index is -0.771. The number of nitrogens with two attached hydrogens (primary N) is 1. The van der Waals surface area contributed by atoms with Crippen molar-refractivity contribution < 1.29 is 20.4 Å². The van der Waals surface area contributed by atoms with E-state index >= 15 is 0 Å². The molecular formula is C10H15N5O5. The minimum absolute atomic E-state index is 0. The van der Waals surface area contributed by atoms with E-state index < -0.39 is 24.0 Å². The molecule has 20 heavy (non-hydrogen) atoms. The number of H-pyrrole nitrogens is 1. The molecule has 0 spiro atoms. The van der Waals surface area contributed by atoms with Gasteiger partial charge in [0.2, 0.25) is 5.95 Å². The third-order valence-corrected chi connectivity index (χ3v) is 3.15. The van der Waals surface area contributed by atoms with Gasteiger partial charge in [-0.05, 0) is 0 Å². The summed E-state index contributed by atoms with van der Waals surface area (Å²) in [5.74, 6) is -0.0171. The average molecular weight is 285 g/mol. The van der Waals surface area contributed by atoms with Gasteiger partial charge in [0, 0.05) is 6.42 Å². The summed E-state index contributed by atoms with van der Waals surface area (Å²) >= 11 is 0. The highest BCUT2D eigenvalue weighted by atomic mass is 16.5. The number of fused-ring (bicyclic) bond motifs is 1. The fourth-order valence-electron chi connectivity index (χ4n) is 2.20. The number of nitrogens with zero attached hydrogens (tertiary/aromatic N) is 3. The predicted molar refractivity (Wildman–Crippen MR) is 67.8 cm³/mol. The monoisotopic (exact) mass is 285 g/mol. The molecule has 2 aromatic rings. The molecule has 3 heterocycles. The first kappa shape index (κ1) is 14.4. The Balaban J connectivity index is 0.00000147. The number of aliphatic hydroxyl groups is 2. The Hall–Kier alpha value is -2.01. The van der Waals surface area contributed by atoms with Crippen LogP contribution in [0.5, 0.6) is 0 Å². The third kappa shape index (κ3) is 2.14. The first-order valence-electron chi connectivity index (χ1n) is 5.77. The number of ether oxygens (including phenoxy) is 1. The van der Waals surface area contributed by atoms with Crippen molar-refractivity contribution in [3.63, 3.8) is 0 Å². The summed E-state index contributed by atoms with van der Waals surface area (Å²) in [5, 5.41) is 18.8. The molecule has 1 aliphatic rings. The molecule has 2 unspecified atom stereocenters. The molecule has 0 aliphatic carbocycles. The molecule has 3 rings (SSSR count). The Morgan fingerprint density at radius 1 is 1.60 bits per heavy atom. The van der Waals surface area contributed by atoms with E-state index in [1.807, 2.05) is 0 Å². The lowest BCUT2D eigenvalue weighted by molar-refractivity contribution is -0.0432. The van der Waals surface area contributed by atoms with Gasteiger partial charge >= 0.3 is 0 Å². The Morgan fingerprint density at radius 3 is 3.00 bits per heavy atom. The largest absolute Gasteiger partial charge is 0.412 e. The van der Waals surface area contributed by atoms with Crippen molar-refractivity contribution in [1.29, 1.82) is 0 Å². The van der Waals surface area contributed by atoms with Crippen molar-refractivity contribution in [2.24, 2.45) is 0 Å². The van der Waals surface area contributed by atoms with Crippen molar-refractivity contribution in [1.82, 2.24) is 19.5 Å². The molecule has 10 heteroatoms. The van der Waals surface area contributed by atoms with Crippen LogP contribution in [0.2, 0.25) is 0 Å². The summed E-state index contributed by atoms with van der Waals surface area (Å²) in [4.78, 5) is 22.0. The van der Waals surface area contributed by atoms with Crippen LogP contribution in [-0.4, -0.2) is 54.0 Å². The lowest BCUT2D eigenvalue weighted by Gasteiger charge is -2.13. The molecule has 0 saturated carbocycles. The third-order valence-electron chi connectivity index (χ3n) is 3.15. The van der Waals surface area contributed by atoms with E-state index in [0.717, 1.165) is 0 Å². The fourth-order valence-corrected chi connectivity index (χ4v) is 2.20. The molecule has 7 N–H and O–H groups in total. The van der Waals surface area contributed by atoms with Crippen molar-refractivity contribution >= 4 is 17.1 Å². The van der Waals surface area contributed by atoms with Gasteiger partial charge in [0.15, 0.2) is 11.2 Å². The van der Waals surface area contributed by atoms with Crippen LogP contribution in [-0.2, 0) is 4.74 Å². The average Bonchev–Trinajstić information content (AvgIpc) is 2.92. The van der Waals surface area contributed by atoms with E-state index in [0.29, 0.717) is 0 Å². The zero-order valence-electron chi connectivity index (χ0n) is 10.4. The number of hydrogen-bond donors (Lipinski definition) is 4. The van der Waals surface area contributed by atoms with Crippen LogP contribution >= 0.6 is 0 Å². The summed E-state index contributed by atoms with van der Waals surface area (Å²) in [5.41, 5.74) is 5.50. The van der Waals surface area contributed by atoms with Crippen LogP contribution in [0.3, 0.4) is 0 Å². The Bertz CT molecular complexity index is 668. The lowest BCUT2D eigenvalue weighted by atomic mass is 10.2. The Kier molecular flexibility index (Phi) is 3.72. The highest BCUT2D eigenvalue weighted by molar-refractivity contribution is 5.70. The second kappa shape index (κ2) is 5.17. The van der Waals surface area contributed by atoms with Crippen molar-refractivity contribution in [2.75, 3.05) is 12.3 Å². The van der Waals surface area contributed by atoms with E-state index in [4.69, 9.17) is 15.6 Å². The van der Waals surface area contributed by atoms with Crippen LogP contribution < -0.4 is 11.3 Å². The van der Waals surface area contributed by atoms with Crippen molar-refractivity contribution in [3.05, 3.63) is 16.7 Å². The van der Waals surface area contributed by atoms with Gasteiger partial charge in [0.05, 0.1) is 19.0 Å². The number of nitrogen functional groups attached to an aromatic ring is 1. The van der Waals surface area contributed by atoms with Gasteiger partial charge in [0.25, 0.3) is 5.56 Å². The molecule has 0 bridgehead atoms.